The molecule has 0 aliphatic carbocycles. The highest BCUT2D eigenvalue weighted by molar-refractivity contribution is 14.1. The molecule has 1 atom stereocenters. The number of hydrogen-bond acceptors (Lipinski definition) is 2. The van der Waals surface area contributed by atoms with E-state index in [0.29, 0.717) is 0 Å². The Labute approximate surface area is 145 Å². The minimum atomic E-state index is 0.0667. The Morgan fingerprint density at radius 2 is 2.14 bits per heavy atom. The van der Waals surface area contributed by atoms with E-state index < -0.39 is 0 Å². The lowest BCUT2D eigenvalue weighted by molar-refractivity contribution is 0.472. The maximum absolute atomic E-state index is 6.43. The zero-order valence-corrected chi connectivity index (χ0v) is 15.5. The van der Waals surface area contributed by atoms with E-state index in [4.69, 9.17) is 11.6 Å². The average molecular weight is 418 g/mol. The molecule has 0 amide bonds. The Morgan fingerprint density at radius 1 is 1.38 bits per heavy atom. The fourth-order valence-corrected chi connectivity index (χ4v) is 3.19. The van der Waals surface area contributed by atoms with E-state index in [-0.39, 0.29) is 12.1 Å². The molecule has 5 heteroatoms. The van der Waals surface area contributed by atoms with E-state index in [1.54, 1.807) is 6.20 Å². The van der Waals surface area contributed by atoms with Crippen LogP contribution in [0.5, 0.6) is 0 Å². The van der Waals surface area contributed by atoms with Crippen LogP contribution in [0.3, 0.4) is 0 Å². The molecule has 0 aliphatic heterocycles. The van der Waals surface area contributed by atoms with Crippen molar-refractivity contribution < 1.29 is 0 Å². The molecule has 0 fully saturated rings. The molecule has 0 spiro atoms. The quantitative estimate of drug-likeness (QED) is 0.684. The van der Waals surface area contributed by atoms with Crippen molar-refractivity contribution in [3.63, 3.8) is 0 Å². The number of halogens is 2. The minimum Gasteiger partial charge on any atom is -0.305 e. The van der Waals surface area contributed by atoms with Crippen molar-refractivity contribution in [2.45, 2.75) is 39.3 Å². The molecule has 2 rings (SSSR count). The normalized spacial score (nSPS) is 12.9. The van der Waals surface area contributed by atoms with E-state index in [1.807, 2.05) is 4.68 Å². The molecule has 2 aromatic rings. The van der Waals surface area contributed by atoms with Crippen molar-refractivity contribution in [2.75, 3.05) is 6.54 Å². The smallest absolute Gasteiger partial charge is 0.0837 e. The summed E-state index contributed by atoms with van der Waals surface area (Å²) in [5.74, 6) is 0. The van der Waals surface area contributed by atoms with E-state index in [9.17, 15) is 0 Å². The van der Waals surface area contributed by atoms with Gasteiger partial charge in [-0.15, -0.1) is 0 Å². The second-order valence-electron chi connectivity index (χ2n) is 5.36. The molecule has 0 saturated heterocycles. The zero-order chi connectivity index (χ0) is 15.4. The van der Waals surface area contributed by atoms with Crippen LogP contribution in [0.1, 0.15) is 50.5 Å². The Kier molecular flexibility index (Phi) is 6.08. The molecular weight excluding hydrogens is 397 g/mol. The molecule has 1 N–H and O–H groups in total. The molecule has 1 aromatic heterocycles. The molecule has 3 nitrogen and oxygen atoms in total. The number of nitrogens with one attached hydrogen (secondary N) is 1. The fourth-order valence-electron chi connectivity index (χ4n) is 2.38. The maximum atomic E-state index is 6.43. The SMILES string of the molecule is CCCNC(c1cccc(I)c1)c1c(Cl)cnn1C(C)C. The first-order valence-corrected chi connectivity index (χ1v) is 8.72. The van der Waals surface area contributed by atoms with Gasteiger partial charge >= 0.3 is 0 Å². The molecular formula is C16H21ClIN3. The van der Waals surface area contributed by atoms with Crippen LogP contribution in [0.4, 0.5) is 0 Å². The second-order valence-corrected chi connectivity index (χ2v) is 7.01. The third kappa shape index (κ3) is 3.99. The van der Waals surface area contributed by atoms with Gasteiger partial charge in [-0.25, -0.2) is 0 Å². The van der Waals surface area contributed by atoms with Crippen LogP contribution < -0.4 is 5.32 Å². The number of rotatable bonds is 6. The van der Waals surface area contributed by atoms with Gasteiger partial charge in [0.1, 0.15) is 0 Å². The van der Waals surface area contributed by atoms with E-state index in [1.165, 1.54) is 9.13 Å². The monoisotopic (exact) mass is 417 g/mol. The maximum Gasteiger partial charge on any atom is 0.0837 e. The lowest BCUT2D eigenvalue weighted by Gasteiger charge is -2.23. The highest BCUT2D eigenvalue weighted by atomic mass is 127. The van der Waals surface area contributed by atoms with Gasteiger partial charge < -0.3 is 5.32 Å². The number of aromatic nitrogens is 2. The zero-order valence-electron chi connectivity index (χ0n) is 12.6. The van der Waals surface area contributed by atoms with Crippen molar-refractivity contribution in [2.24, 2.45) is 0 Å². The first kappa shape index (κ1) is 16.8. The second kappa shape index (κ2) is 7.61. The highest BCUT2D eigenvalue weighted by Gasteiger charge is 2.23. The summed E-state index contributed by atoms with van der Waals surface area (Å²) in [4.78, 5) is 0. The van der Waals surface area contributed by atoms with Crippen molar-refractivity contribution in [3.8, 4) is 0 Å². The van der Waals surface area contributed by atoms with Gasteiger partial charge in [0.15, 0.2) is 0 Å². The van der Waals surface area contributed by atoms with Crippen molar-refractivity contribution in [1.29, 1.82) is 0 Å². The van der Waals surface area contributed by atoms with Crippen LogP contribution in [-0.2, 0) is 0 Å². The van der Waals surface area contributed by atoms with Crippen LogP contribution >= 0.6 is 34.2 Å². The molecule has 0 radical (unpaired) electrons. The first-order valence-electron chi connectivity index (χ1n) is 7.26. The molecule has 0 bridgehead atoms. The van der Waals surface area contributed by atoms with Crippen LogP contribution in [0, 0.1) is 3.57 Å². The van der Waals surface area contributed by atoms with Crippen LogP contribution in [0.25, 0.3) is 0 Å². The summed E-state index contributed by atoms with van der Waals surface area (Å²) in [5.41, 5.74) is 2.27. The van der Waals surface area contributed by atoms with Gasteiger partial charge in [0.05, 0.1) is 23.0 Å². The summed E-state index contributed by atoms with van der Waals surface area (Å²) < 4.78 is 3.23. The molecule has 1 unspecified atom stereocenters. The van der Waals surface area contributed by atoms with Crippen LogP contribution in [0.2, 0.25) is 5.02 Å². The predicted molar refractivity (Wildman–Crippen MR) is 96.9 cm³/mol. The molecule has 0 aliphatic rings. The Bertz CT molecular complexity index is 595. The molecule has 1 aromatic carbocycles. The standard InChI is InChI=1S/C16H21ClIN3/c1-4-8-19-15(12-6-5-7-13(18)9-12)16-14(17)10-20-21(16)11(2)3/h5-7,9-11,15,19H,4,8H2,1-3H3. The summed E-state index contributed by atoms with van der Waals surface area (Å²) in [6.45, 7) is 7.35. The lowest BCUT2D eigenvalue weighted by Crippen LogP contribution is -2.26. The summed E-state index contributed by atoms with van der Waals surface area (Å²) in [7, 11) is 0. The van der Waals surface area contributed by atoms with Crippen LogP contribution in [0.15, 0.2) is 30.5 Å². The molecule has 1 heterocycles. The van der Waals surface area contributed by atoms with Gasteiger partial charge in [-0.1, -0.05) is 30.7 Å². The van der Waals surface area contributed by atoms with Gasteiger partial charge in [-0.05, 0) is 67.1 Å². The highest BCUT2D eigenvalue weighted by Crippen LogP contribution is 2.30. The van der Waals surface area contributed by atoms with Gasteiger partial charge in [0, 0.05) is 9.61 Å². The predicted octanol–water partition coefficient (Wildman–Crippen LogP) is 4.81. The van der Waals surface area contributed by atoms with Gasteiger partial charge in [-0.2, -0.15) is 5.10 Å². The number of benzene rings is 1. The van der Waals surface area contributed by atoms with E-state index in [0.717, 1.165) is 23.7 Å². The Balaban J connectivity index is 2.48. The van der Waals surface area contributed by atoms with Crippen LogP contribution in [-0.4, -0.2) is 16.3 Å². The molecule has 21 heavy (non-hydrogen) atoms. The molecule has 0 saturated carbocycles. The third-order valence-electron chi connectivity index (χ3n) is 3.33. The van der Waals surface area contributed by atoms with E-state index in [2.05, 4.69) is 78.0 Å². The minimum absolute atomic E-state index is 0.0667. The fraction of sp³-hybridized carbons (Fsp3) is 0.438. The summed E-state index contributed by atoms with van der Waals surface area (Å²) in [6.07, 6.45) is 2.82. The third-order valence-corrected chi connectivity index (χ3v) is 4.29. The number of nitrogens with zero attached hydrogens (tertiary/aromatic N) is 2. The summed E-state index contributed by atoms with van der Waals surface area (Å²) in [6, 6.07) is 8.87. The van der Waals surface area contributed by atoms with Crippen molar-refractivity contribution in [3.05, 3.63) is 50.3 Å². The summed E-state index contributed by atoms with van der Waals surface area (Å²) >= 11 is 8.77. The Morgan fingerprint density at radius 3 is 2.76 bits per heavy atom. The largest absolute Gasteiger partial charge is 0.305 e. The van der Waals surface area contributed by atoms with Gasteiger partial charge in [0.2, 0.25) is 0 Å². The van der Waals surface area contributed by atoms with Gasteiger partial charge in [0.25, 0.3) is 0 Å². The topological polar surface area (TPSA) is 29.9 Å². The lowest BCUT2D eigenvalue weighted by atomic mass is 10.0. The first-order chi connectivity index (χ1) is 10.0. The van der Waals surface area contributed by atoms with Gasteiger partial charge in [-0.3, -0.25) is 4.68 Å². The Hall–Kier alpha value is -0.590. The number of hydrogen-bond donors (Lipinski definition) is 1. The van der Waals surface area contributed by atoms with E-state index >= 15 is 0 Å². The summed E-state index contributed by atoms with van der Waals surface area (Å²) in [5, 5.41) is 8.76. The van der Waals surface area contributed by atoms with Crippen molar-refractivity contribution >= 4 is 34.2 Å². The molecule has 114 valence electrons. The van der Waals surface area contributed by atoms with Crippen molar-refractivity contribution in [1.82, 2.24) is 15.1 Å². The average Bonchev–Trinajstić information content (AvgIpc) is 2.82.